The molecule has 0 saturated heterocycles. The molecule has 1 N–H and O–H groups in total. The Kier molecular flexibility index (Phi) is 6.88. The molecule has 0 atom stereocenters. The number of aromatic nitrogens is 1. The maximum Gasteiger partial charge on any atom is 0.410 e. The molecule has 0 bridgehead atoms. The molecular formula is C21H26ClN3O4S. The predicted octanol–water partition coefficient (Wildman–Crippen LogP) is 4.67. The van der Waals surface area contributed by atoms with Crippen molar-refractivity contribution in [3.05, 3.63) is 39.4 Å². The van der Waals surface area contributed by atoms with Crippen LogP contribution in [0, 0.1) is 0 Å². The van der Waals surface area contributed by atoms with Crippen LogP contribution in [0.1, 0.15) is 43.3 Å². The largest absolute Gasteiger partial charge is 0.495 e. The maximum atomic E-state index is 12.3. The Hall–Kier alpha value is -2.32. The van der Waals surface area contributed by atoms with E-state index >= 15 is 0 Å². The van der Waals surface area contributed by atoms with Crippen LogP contribution in [0.5, 0.6) is 5.75 Å². The Morgan fingerprint density at radius 1 is 1.33 bits per heavy atom. The molecule has 0 fully saturated rings. The number of hydrogen-bond acceptors (Lipinski definition) is 6. The average molecular weight is 452 g/mol. The fourth-order valence-electron chi connectivity index (χ4n) is 3.04. The number of anilines is 1. The summed E-state index contributed by atoms with van der Waals surface area (Å²) in [6.45, 7) is 6.54. The number of fused-ring (bicyclic) bond motifs is 1. The summed E-state index contributed by atoms with van der Waals surface area (Å²) < 4.78 is 10.6. The number of thiazole rings is 1. The quantitative estimate of drug-likeness (QED) is 0.714. The lowest BCUT2D eigenvalue weighted by molar-refractivity contribution is -0.116. The van der Waals surface area contributed by atoms with Crippen molar-refractivity contribution in [2.45, 2.75) is 52.2 Å². The van der Waals surface area contributed by atoms with Gasteiger partial charge in [-0.3, -0.25) is 4.79 Å². The monoisotopic (exact) mass is 451 g/mol. The summed E-state index contributed by atoms with van der Waals surface area (Å²) in [5.41, 5.74) is 1.36. The Labute approximate surface area is 185 Å². The number of methoxy groups -OCH3 is 1. The van der Waals surface area contributed by atoms with Gasteiger partial charge in [-0.05, 0) is 44.9 Å². The zero-order valence-electron chi connectivity index (χ0n) is 17.6. The average Bonchev–Trinajstić information content (AvgIpc) is 3.06. The zero-order valence-corrected chi connectivity index (χ0v) is 19.2. The van der Waals surface area contributed by atoms with Gasteiger partial charge in [-0.25, -0.2) is 9.78 Å². The fourth-order valence-corrected chi connectivity index (χ4v) is 4.36. The lowest BCUT2D eigenvalue weighted by atomic mass is 10.1. The smallest absolute Gasteiger partial charge is 0.410 e. The number of ether oxygens (including phenoxy) is 2. The summed E-state index contributed by atoms with van der Waals surface area (Å²) in [7, 11) is 1.56. The van der Waals surface area contributed by atoms with E-state index in [9.17, 15) is 9.59 Å². The van der Waals surface area contributed by atoms with Crippen molar-refractivity contribution in [2.75, 3.05) is 19.0 Å². The summed E-state index contributed by atoms with van der Waals surface area (Å²) in [6, 6.07) is 5.49. The number of nitrogens with zero attached hydrogens (tertiary/aromatic N) is 2. The first-order valence-electron chi connectivity index (χ1n) is 9.73. The third-order valence-corrected chi connectivity index (χ3v) is 5.78. The lowest BCUT2D eigenvalue weighted by Gasteiger charge is -2.29. The number of benzene rings is 1. The highest BCUT2D eigenvalue weighted by Gasteiger charge is 2.28. The Bertz CT molecular complexity index is 939. The summed E-state index contributed by atoms with van der Waals surface area (Å²) in [5.74, 6) is 0.496. The van der Waals surface area contributed by atoms with E-state index in [2.05, 4.69) is 10.3 Å². The number of nitrogens with one attached hydrogen (secondary N) is 1. The molecule has 2 heterocycles. The Balaban J connectivity index is 1.54. The predicted molar refractivity (Wildman–Crippen MR) is 117 cm³/mol. The third-order valence-electron chi connectivity index (χ3n) is 4.49. The first-order valence-corrected chi connectivity index (χ1v) is 10.9. The van der Waals surface area contributed by atoms with Gasteiger partial charge in [-0.1, -0.05) is 29.0 Å². The van der Waals surface area contributed by atoms with Crippen molar-refractivity contribution in [3.8, 4) is 5.75 Å². The molecule has 3 rings (SSSR count). The SMILES string of the molecule is COc1ccc(CCC(=O)Nc2nc3c(s2)CN(C(=O)OC(C)(C)C)CC3)cc1Cl. The Morgan fingerprint density at radius 3 is 2.77 bits per heavy atom. The molecule has 0 radical (unpaired) electrons. The van der Waals surface area contributed by atoms with Crippen LogP contribution in [0.2, 0.25) is 5.02 Å². The first kappa shape index (κ1) is 22.4. The fraction of sp³-hybridized carbons (Fsp3) is 0.476. The van der Waals surface area contributed by atoms with Crippen molar-refractivity contribution >= 4 is 40.1 Å². The van der Waals surface area contributed by atoms with Gasteiger partial charge in [0.05, 0.1) is 24.4 Å². The minimum Gasteiger partial charge on any atom is -0.495 e. The van der Waals surface area contributed by atoms with Gasteiger partial charge in [0, 0.05) is 24.3 Å². The number of aryl methyl sites for hydroxylation is 1. The number of carbonyl (C=O) groups excluding carboxylic acids is 2. The molecule has 0 spiro atoms. The van der Waals surface area contributed by atoms with Crippen molar-refractivity contribution in [1.29, 1.82) is 0 Å². The van der Waals surface area contributed by atoms with Crippen LogP contribution in [-0.2, 0) is 28.9 Å². The minimum absolute atomic E-state index is 0.114. The van der Waals surface area contributed by atoms with Gasteiger partial charge in [0.1, 0.15) is 11.4 Å². The van der Waals surface area contributed by atoms with E-state index in [1.807, 2.05) is 26.8 Å². The topological polar surface area (TPSA) is 80.8 Å². The zero-order chi connectivity index (χ0) is 21.9. The van der Waals surface area contributed by atoms with Crippen molar-refractivity contribution < 1.29 is 19.1 Å². The van der Waals surface area contributed by atoms with Crippen LogP contribution in [0.3, 0.4) is 0 Å². The molecule has 1 aromatic heterocycles. The number of hydrogen-bond donors (Lipinski definition) is 1. The summed E-state index contributed by atoms with van der Waals surface area (Å²) >= 11 is 7.53. The maximum absolute atomic E-state index is 12.3. The molecule has 7 nitrogen and oxygen atoms in total. The Morgan fingerprint density at radius 2 is 2.10 bits per heavy atom. The second kappa shape index (κ2) is 9.22. The van der Waals surface area contributed by atoms with Crippen LogP contribution < -0.4 is 10.1 Å². The number of rotatable bonds is 5. The van der Waals surface area contributed by atoms with Gasteiger partial charge in [-0.2, -0.15) is 0 Å². The molecule has 0 saturated carbocycles. The molecule has 1 aliphatic heterocycles. The molecule has 2 amide bonds. The highest BCUT2D eigenvalue weighted by atomic mass is 35.5. The molecule has 162 valence electrons. The number of halogens is 1. The van der Waals surface area contributed by atoms with Crippen LogP contribution in [0.25, 0.3) is 0 Å². The summed E-state index contributed by atoms with van der Waals surface area (Å²) in [5, 5.41) is 3.95. The second-order valence-corrected chi connectivity index (χ2v) is 9.55. The number of amides is 2. The molecule has 2 aromatic rings. The van der Waals surface area contributed by atoms with Gasteiger partial charge >= 0.3 is 6.09 Å². The van der Waals surface area contributed by atoms with Crippen LogP contribution in [0.4, 0.5) is 9.93 Å². The van der Waals surface area contributed by atoms with Gasteiger partial charge < -0.3 is 19.7 Å². The van der Waals surface area contributed by atoms with E-state index < -0.39 is 5.60 Å². The normalized spacial score (nSPS) is 13.6. The molecule has 1 aromatic carbocycles. The lowest BCUT2D eigenvalue weighted by Crippen LogP contribution is -2.39. The van der Waals surface area contributed by atoms with Gasteiger partial charge in [-0.15, -0.1) is 0 Å². The van der Waals surface area contributed by atoms with E-state index in [4.69, 9.17) is 21.1 Å². The molecule has 1 aliphatic rings. The van der Waals surface area contributed by atoms with Crippen LogP contribution in [0.15, 0.2) is 18.2 Å². The van der Waals surface area contributed by atoms with Crippen LogP contribution >= 0.6 is 22.9 Å². The highest BCUT2D eigenvalue weighted by Crippen LogP contribution is 2.29. The van der Waals surface area contributed by atoms with Gasteiger partial charge in [0.15, 0.2) is 5.13 Å². The summed E-state index contributed by atoms with van der Waals surface area (Å²) in [6.07, 6.45) is 1.19. The molecule has 0 aliphatic carbocycles. The summed E-state index contributed by atoms with van der Waals surface area (Å²) in [4.78, 5) is 31.8. The van der Waals surface area contributed by atoms with E-state index in [1.165, 1.54) is 11.3 Å². The first-order chi connectivity index (χ1) is 14.1. The van der Waals surface area contributed by atoms with Gasteiger partial charge in [0.2, 0.25) is 5.91 Å². The minimum atomic E-state index is -0.529. The number of carbonyl (C=O) groups is 2. The van der Waals surface area contributed by atoms with E-state index in [0.717, 1.165) is 16.1 Å². The van der Waals surface area contributed by atoms with E-state index in [-0.39, 0.29) is 12.0 Å². The molecule has 9 heteroatoms. The van der Waals surface area contributed by atoms with Crippen LogP contribution in [-0.4, -0.2) is 41.1 Å². The molecule has 30 heavy (non-hydrogen) atoms. The third kappa shape index (κ3) is 5.86. The standard InChI is InChI=1S/C21H26ClN3O4S/c1-21(2,3)29-20(27)25-10-9-15-17(12-25)30-19(23-15)24-18(26)8-6-13-5-7-16(28-4)14(22)11-13/h5,7,11H,6,8-10,12H2,1-4H3,(H,23,24,26). The van der Waals surface area contributed by atoms with E-state index in [1.54, 1.807) is 24.1 Å². The van der Waals surface area contributed by atoms with Gasteiger partial charge in [0.25, 0.3) is 0 Å². The van der Waals surface area contributed by atoms with Crippen molar-refractivity contribution in [2.24, 2.45) is 0 Å². The molecular weight excluding hydrogens is 426 g/mol. The highest BCUT2D eigenvalue weighted by molar-refractivity contribution is 7.15. The molecule has 0 unspecified atom stereocenters. The van der Waals surface area contributed by atoms with Crippen molar-refractivity contribution in [3.63, 3.8) is 0 Å². The van der Waals surface area contributed by atoms with E-state index in [0.29, 0.717) is 48.3 Å². The second-order valence-electron chi connectivity index (χ2n) is 8.06. The van der Waals surface area contributed by atoms with Crippen molar-refractivity contribution in [1.82, 2.24) is 9.88 Å².